The minimum atomic E-state index is -1.52. The van der Waals surface area contributed by atoms with Crippen LogP contribution in [0.15, 0.2) is 54.6 Å². The maximum absolute atomic E-state index is 13.5. The number of hydrogen-bond acceptors (Lipinski definition) is 5. The van der Waals surface area contributed by atoms with E-state index in [0.717, 1.165) is 4.90 Å². The van der Waals surface area contributed by atoms with Crippen LogP contribution in [0.5, 0.6) is 0 Å². The van der Waals surface area contributed by atoms with Gasteiger partial charge in [0, 0.05) is 13.1 Å². The number of esters is 1. The Morgan fingerprint density at radius 1 is 1.10 bits per heavy atom. The largest absolute Gasteiger partial charge is 0.464 e. The lowest BCUT2D eigenvalue weighted by Gasteiger charge is -2.33. The van der Waals surface area contributed by atoms with Crippen LogP contribution >= 0.6 is 0 Å². The summed E-state index contributed by atoms with van der Waals surface area (Å²) in [7, 11) is 1.42. The second kappa shape index (κ2) is 7.08. The molecular weight excluding hydrogens is 375 g/mol. The number of benzene rings is 2. The molecule has 0 aromatic heterocycles. The Kier molecular flexibility index (Phi) is 4.70. The van der Waals surface area contributed by atoms with E-state index in [9.17, 15) is 18.8 Å². The molecule has 2 heterocycles. The van der Waals surface area contributed by atoms with Gasteiger partial charge in [-0.2, -0.15) is 0 Å². The Bertz CT molecular complexity index is 963. The molecule has 6 nitrogen and oxygen atoms in total. The molecule has 0 radical (unpaired) electrons. The smallest absolute Gasteiger partial charge is 0.331 e. The molecule has 2 saturated heterocycles. The Morgan fingerprint density at radius 3 is 2.38 bits per heavy atom. The maximum Gasteiger partial charge on any atom is 0.331 e. The van der Waals surface area contributed by atoms with Crippen LogP contribution in [0, 0.1) is 17.7 Å². The summed E-state index contributed by atoms with van der Waals surface area (Å²) in [5, 5.41) is 3.26. The van der Waals surface area contributed by atoms with Crippen molar-refractivity contribution < 1.29 is 23.5 Å². The van der Waals surface area contributed by atoms with Crippen molar-refractivity contribution in [3.63, 3.8) is 0 Å². The molecule has 4 rings (SSSR count). The molecule has 2 aromatic rings. The van der Waals surface area contributed by atoms with Crippen LogP contribution in [0.1, 0.15) is 24.1 Å². The molecule has 0 saturated carbocycles. The highest BCUT2D eigenvalue weighted by atomic mass is 19.1. The van der Waals surface area contributed by atoms with E-state index >= 15 is 0 Å². The molecule has 29 heavy (non-hydrogen) atoms. The fourth-order valence-corrected chi connectivity index (χ4v) is 4.52. The van der Waals surface area contributed by atoms with E-state index in [1.54, 1.807) is 49.4 Å². The van der Waals surface area contributed by atoms with E-state index in [-0.39, 0.29) is 12.5 Å². The van der Waals surface area contributed by atoms with Crippen molar-refractivity contribution in [2.24, 2.45) is 11.8 Å². The fraction of sp³-hybridized carbons (Fsp3) is 0.318. The number of fused-ring (bicyclic) bond motifs is 1. The highest BCUT2D eigenvalue weighted by Gasteiger charge is 2.69. The van der Waals surface area contributed by atoms with Crippen molar-refractivity contribution in [2.75, 3.05) is 13.7 Å². The summed E-state index contributed by atoms with van der Waals surface area (Å²) in [6.07, 6.45) is 0. The van der Waals surface area contributed by atoms with Gasteiger partial charge in [-0.05, 0) is 30.2 Å². The third kappa shape index (κ3) is 2.76. The molecule has 0 unspecified atom stereocenters. The standard InChI is InChI=1S/C22H21FN2O4/c1-3-29-21(28)22(14-7-5-4-6-8-14)17-16(19(26)25(2)20(17)27)18(24-22)13-9-11-15(23)12-10-13/h4-12,16-18,24H,3H2,1-2H3/t16-,17+,18-,22-/m0/s1. The number of nitrogens with zero attached hydrogens (tertiary/aromatic N) is 1. The SMILES string of the molecule is CCOC(=O)[C@@]1(c2ccccc2)N[C@@H](c2ccc(F)cc2)[C@H]2C(=O)N(C)C(=O)[C@@H]21. The molecule has 4 atom stereocenters. The van der Waals surface area contributed by atoms with Crippen LogP contribution in [0.25, 0.3) is 0 Å². The highest BCUT2D eigenvalue weighted by Crippen LogP contribution is 2.53. The third-order valence-corrected chi connectivity index (χ3v) is 5.84. The van der Waals surface area contributed by atoms with E-state index in [4.69, 9.17) is 4.74 Å². The van der Waals surface area contributed by atoms with Crippen molar-refractivity contribution in [1.29, 1.82) is 0 Å². The minimum absolute atomic E-state index is 0.131. The first-order chi connectivity index (χ1) is 13.9. The van der Waals surface area contributed by atoms with Gasteiger partial charge in [-0.15, -0.1) is 0 Å². The van der Waals surface area contributed by atoms with Gasteiger partial charge in [0.25, 0.3) is 0 Å². The van der Waals surface area contributed by atoms with Gasteiger partial charge in [0.2, 0.25) is 11.8 Å². The summed E-state index contributed by atoms with van der Waals surface area (Å²) in [5.41, 5.74) is -0.340. The lowest BCUT2D eigenvalue weighted by molar-refractivity contribution is -0.156. The van der Waals surface area contributed by atoms with Crippen molar-refractivity contribution in [1.82, 2.24) is 10.2 Å². The average Bonchev–Trinajstić information content (AvgIpc) is 3.20. The van der Waals surface area contributed by atoms with Gasteiger partial charge in [0.05, 0.1) is 18.4 Å². The van der Waals surface area contributed by atoms with Gasteiger partial charge >= 0.3 is 5.97 Å². The van der Waals surface area contributed by atoms with E-state index in [0.29, 0.717) is 11.1 Å². The maximum atomic E-state index is 13.5. The topological polar surface area (TPSA) is 75.7 Å². The Hall–Kier alpha value is -3.06. The average molecular weight is 396 g/mol. The first kappa shape index (κ1) is 19.3. The number of nitrogens with one attached hydrogen (secondary N) is 1. The van der Waals surface area contributed by atoms with Crippen molar-refractivity contribution in [2.45, 2.75) is 18.5 Å². The first-order valence-corrected chi connectivity index (χ1v) is 9.49. The van der Waals surface area contributed by atoms with Crippen LogP contribution in [0.3, 0.4) is 0 Å². The van der Waals surface area contributed by atoms with Crippen LogP contribution < -0.4 is 5.32 Å². The molecule has 2 amide bonds. The molecule has 2 aliphatic rings. The van der Waals surface area contributed by atoms with Crippen LogP contribution in [-0.4, -0.2) is 36.3 Å². The minimum Gasteiger partial charge on any atom is -0.464 e. The number of rotatable bonds is 4. The molecule has 0 aliphatic carbocycles. The van der Waals surface area contributed by atoms with Crippen LogP contribution in [-0.2, 0) is 24.7 Å². The predicted molar refractivity (Wildman–Crippen MR) is 102 cm³/mol. The number of imide groups is 1. The number of hydrogen-bond donors (Lipinski definition) is 1. The summed E-state index contributed by atoms with van der Waals surface area (Å²) in [6, 6.07) is 13.9. The molecule has 2 aliphatic heterocycles. The summed E-state index contributed by atoms with van der Waals surface area (Å²) < 4.78 is 18.8. The third-order valence-electron chi connectivity index (χ3n) is 5.84. The highest BCUT2D eigenvalue weighted by molar-refractivity contribution is 6.09. The van der Waals surface area contributed by atoms with E-state index in [1.807, 2.05) is 0 Å². The van der Waals surface area contributed by atoms with Gasteiger partial charge in [-0.1, -0.05) is 42.5 Å². The zero-order chi connectivity index (χ0) is 20.8. The molecule has 7 heteroatoms. The number of carbonyl (C=O) groups excluding carboxylic acids is 3. The monoisotopic (exact) mass is 396 g/mol. The molecule has 2 fully saturated rings. The lowest BCUT2D eigenvalue weighted by atomic mass is 9.75. The van der Waals surface area contributed by atoms with Gasteiger partial charge in [0.15, 0.2) is 5.54 Å². The molecule has 0 bridgehead atoms. The number of amides is 2. The summed E-state index contributed by atoms with van der Waals surface area (Å²) in [4.78, 5) is 40.5. The lowest BCUT2D eigenvalue weighted by Crippen LogP contribution is -2.53. The van der Waals surface area contributed by atoms with Gasteiger partial charge in [-0.25, -0.2) is 9.18 Å². The normalized spacial score (nSPS) is 28.5. The number of likely N-dealkylation sites (tertiary alicyclic amines) is 1. The van der Waals surface area contributed by atoms with Crippen molar-refractivity contribution in [3.05, 3.63) is 71.5 Å². The van der Waals surface area contributed by atoms with Crippen molar-refractivity contribution >= 4 is 17.8 Å². The molecule has 2 aromatic carbocycles. The van der Waals surface area contributed by atoms with E-state index in [1.165, 1.54) is 19.2 Å². The quantitative estimate of drug-likeness (QED) is 0.633. The molecule has 150 valence electrons. The Balaban J connectivity index is 1.93. The zero-order valence-electron chi connectivity index (χ0n) is 16.1. The number of halogens is 1. The Labute approximate surface area is 167 Å². The molecular formula is C22H21FN2O4. The fourth-order valence-electron chi connectivity index (χ4n) is 4.52. The second-order valence-corrected chi connectivity index (χ2v) is 7.31. The van der Waals surface area contributed by atoms with Gasteiger partial charge in [-0.3, -0.25) is 19.8 Å². The van der Waals surface area contributed by atoms with E-state index in [2.05, 4.69) is 5.32 Å². The van der Waals surface area contributed by atoms with E-state index < -0.39 is 41.1 Å². The summed E-state index contributed by atoms with van der Waals surface area (Å²) in [5.74, 6) is -3.59. The summed E-state index contributed by atoms with van der Waals surface area (Å²) in [6.45, 7) is 1.82. The first-order valence-electron chi connectivity index (χ1n) is 9.49. The second-order valence-electron chi connectivity index (χ2n) is 7.31. The number of carbonyl (C=O) groups is 3. The van der Waals surface area contributed by atoms with Crippen LogP contribution in [0.4, 0.5) is 4.39 Å². The summed E-state index contributed by atoms with van der Waals surface area (Å²) >= 11 is 0. The van der Waals surface area contributed by atoms with Crippen molar-refractivity contribution in [3.8, 4) is 0 Å². The Morgan fingerprint density at radius 2 is 1.76 bits per heavy atom. The number of ether oxygens (including phenoxy) is 1. The molecule has 1 N–H and O–H groups in total. The van der Waals surface area contributed by atoms with Crippen LogP contribution in [0.2, 0.25) is 0 Å². The van der Waals surface area contributed by atoms with Gasteiger partial charge in [0.1, 0.15) is 5.82 Å². The molecule has 0 spiro atoms. The predicted octanol–water partition coefficient (Wildman–Crippen LogP) is 2.16. The zero-order valence-corrected chi connectivity index (χ0v) is 16.1. The van der Waals surface area contributed by atoms with Gasteiger partial charge < -0.3 is 4.74 Å².